The zero-order valence-electron chi connectivity index (χ0n) is 19.1. The topological polar surface area (TPSA) is 101 Å². The molecular weight excluding hydrogens is 458 g/mol. The molecule has 7 nitrogen and oxygen atoms in total. The molecule has 4 atom stereocenters. The minimum atomic E-state index is -0.638. The smallest absolute Gasteiger partial charge is 0.233 e. The van der Waals surface area contributed by atoms with Gasteiger partial charge in [-0.1, -0.05) is 23.3 Å². The van der Waals surface area contributed by atoms with Gasteiger partial charge in [0, 0.05) is 29.2 Å². The maximum atomic E-state index is 13.3. The second-order valence-corrected chi connectivity index (χ2v) is 9.61. The van der Waals surface area contributed by atoms with Crippen molar-refractivity contribution in [1.82, 2.24) is 4.90 Å². The summed E-state index contributed by atoms with van der Waals surface area (Å²) in [6.45, 7) is 3.68. The molecule has 0 aromatic heterocycles. The second-order valence-electron chi connectivity index (χ2n) is 9.20. The number of hydrogen-bond acceptors (Lipinski definition) is 6. The van der Waals surface area contributed by atoms with Gasteiger partial charge in [0.2, 0.25) is 11.8 Å². The lowest BCUT2D eigenvalue weighted by Gasteiger charge is -2.42. The number of phenols is 1. The normalized spacial score (nSPS) is 28.4. The van der Waals surface area contributed by atoms with Crippen molar-refractivity contribution in [2.24, 2.45) is 17.8 Å². The number of carbonyl (C=O) groups excluding carboxylic acids is 4. The molecule has 0 saturated carbocycles. The number of nitrogens with zero attached hydrogens (tertiary/aromatic N) is 1. The van der Waals surface area contributed by atoms with Crippen LogP contribution in [0.2, 0.25) is 5.02 Å². The lowest BCUT2D eigenvalue weighted by molar-refractivity contribution is -0.139. The van der Waals surface area contributed by atoms with E-state index in [-0.39, 0.29) is 46.3 Å². The van der Waals surface area contributed by atoms with E-state index < -0.39 is 23.7 Å². The standard InChI is InChI=1S/C26H24ClNO6/c1-4-28-25(32)14-6-5-13-15(21(14)26(28)33)10-16-22(18(29)7-11(2)23(16)30)20(13)12-8-17(27)24(31)19(9-12)34-3/h5,7-9,14-15,20-21,31H,4,6,10H2,1-3H3. The van der Waals surface area contributed by atoms with Crippen molar-refractivity contribution in [1.29, 1.82) is 0 Å². The van der Waals surface area contributed by atoms with Gasteiger partial charge in [-0.25, -0.2) is 0 Å². The SMILES string of the molecule is CCN1C(=O)C2CC=C3C(c4cc(Cl)c(O)c(OC)c4)C4=C(CC3C2C1=O)C(=O)C(C)=CC4=O. The van der Waals surface area contributed by atoms with Gasteiger partial charge in [-0.05, 0) is 56.4 Å². The van der Waals surface area contributed by atoms with Crippen LogP contribution in [0.4, 0.5) is 0 Å². The van der Waals surface area contributed by atoms with Crippen LogP contribution in [-0.2, 0) is 19.2 Å². The minimum Gasteiger partial charge on any atom is -0.503 e. The summed E-state index contributed by atoms with van der Waals surface area (Å²) in [4.78, 5) is 53.9. The fraction of sp³-hybridized carbons (Fsp3) is 0.385. The number of carbonyl (C=O) groups is 4. The van der Waals surface area contributed by atoms with E-state index >= 15 is 0 Å². The molecule has 4 unspecified atom stereocenters. The van der Waals surface area contributed by atoms with Crippen molar-refractivity contribution in [3.63, 3.8) is 0 Å². The number of aromatic hydroxyl groups is 1. The van der Waals surface area contributed by atoms with Crippen molar-refractivity contribution in [3.8, 4) is 11.5 Å². The van der Waals surface area contributed by atoms with Gasteiger partial charge in [0.1, 0.15) is 0 Å². The Kier molecular flexibility index (Phi) is 5.28. The Morgan fingerprint density at radius 3 is 2.56 bits per heavy atom. The molecule has 1 aliphatic heterocycles. The molecule has 1 N–H and O–H groups in total. The van der Waals surface area contributed by atoms with E-state index in [0.29, 0.717) is 35.2 Å². The van der Waals surface area contributed by atoms with Crippen LogP contribution in [0.1, 0.15) is 38.2 Å². The van der Waals surface area contributed by atoms with E-state index in [1.54, 1.807) is 26.0 Å². The molecule has 0 bridgehead atoms. The molecule has 0 radical (unpaired) electrons. The molecular formula is C26H24ClNO6. The third kappa shape index (κ3) is 3.03. The molecule has 1 heterocycles. The highest BCUT2D eigenvalue weighted by molar-refractivity contribution is 6.32. The summed E-state index contributed by atoms with van der Waals surface area (Å²) in [6, 6.07) is 3.17. The predicted octanol–water partition coefficient (Wildman–Crippen LogP) is 3.50. The average Bonchev–Trinajstić information content (AvgIpc) is 3.07. The summed E-state index contributed by atoms with van der Waals surface area (Å²) in [5, 5.41) is 10.3. The third-order valence-electron chi connectivity index (χ3n) is 7.57. The third-order valence-corrected chi connectivity index (χ3v) is 7.86. The highest BCUT2D eigenvalue weighted by Gasteiger charge is 2.55. The molecule has 176 valence electrons. The number of ether oxygens (including phenoxy) is 1. The summed E-state index contributed by atoms with van der Waals surface area (Å²) < 4.78 is 5.28. The summed E-state index contributed by atoms with van der Waals surface area (Å²) in [5.41, 5.74) is 2.52. The van der Waals surface area contributed by atoms with E-state index in [9.17, 15) is 24.3 Å². The first kappa shape index (κ1) is 22.6. The lowest BCUT2D eigenvalue weighted by Crippen LogP contribution is -2.39. The summed E-state index contributed by atoms with van der Waals surface area (Å²) in [5.74, 6) is -3.03. The number of fused-ring (bicyclic) bond motifs is 3. The molecule has 1 saturated heterocycles. The quantitative estimate of drug-likeness (QED) is 0.403. The van der Waals surface area contributed by atoms with Gasteiger partial charge in [-0.15, -0.1) is 0 Å². The highest BCUT2D eigenvalue weighted by atomic mass is 35.5. The Morgan fingerprint density at radius 2 is 1.88 bits per heavy atom. The van der Waals surface area contributed by atoms with Crippen molar-refractivity contribution >= 4 is 35.0 Å². The number of ketones is 2. The number of methoxy groups -OCH3 is 1. The molecule has 34 heavy (non-hydrogen) atoms. The zero-order chi connectivity index (χ0) is 24.5. The van der Waals surface area contributed by atoms with Crippen molar-refractivity contribution < 1.29 is 29.0 Å². The highest BCUT2D eigenvalue weighted by Crippen LogP contribution is 2.55. The average molecular weight is 482 g/mol. The van der Waals surface area contributed by atoms with E-state index in [1.165, 1.54) is 18.1 Å². The zero-order valence-corrected chi connectivity index (χ0v) is 19.8. The second kappa shape index (κ2) is 7.94. The Morgan fingerprint density at radius 1 is 1.15 bits per heavy atom. The van der Waals surface area contributed by atoms with Gasteiger partial charge in [0.05, 0.1) is 24.0 Å². The van der Waals surface area contributed by atoms with Crippen molar-refractivity contribution in [2.75, 3.05) is 13.7 Å². The number of benzene rings is 1. The van der Waals surface area contributed by atoms with Gasteiger partial charge >= 0.3 is 0 Å². The molecule has 0 spiro atoms. The lowest BCUT2D eigenvalue weighted by atomic mass is 9.59. The Balaban J connectivity index is 1.73. The van der Waals surface area contributed by atoms with Crippen LogP contribution in [-0.4, -0.2) is 47.0 Å². The number of likely N-dealkylation sites (tertiary alicyclic amines) is 1. The predicted molar refractivity (Wildman–Crippen MR) is 123 cm³/mol. The van der Waals surface area contributed by atoms with Crippen LogP contribution in [0.5, 0.6) is 11.5 Å². The molecule has 3 aliphatic carbocycles. The van der Waals surface area contributed by atoms with Gasteiger partial charge in [0.15, 0.2) is 23.1 Å². The number of allylic oxidation sites excluding steroid dienone is 6. The number of imide groups is 1. The van der Waals surface area contributed by atoms with Crippen LogP contribution in [0.15, 0.2) is 46.6 Å². The molecule has 1 aromatic rings. The summed E-state index contributed by atoms with van der Waals surface area (Å²) in [7, 11) is 1.40. The van der Waals surface area contributed by atoms with Gasteiger partial charge in [-0.3, -0.25) is 24.1 Å². The van der Waals surface area contributed by atoms with E-state index in [1.807, 2.05) is 6.08 Å². The molecule has 2 amide bonds. The van der Waals surface area contributed by atoms with Crippen molar-refractivity contribution in [3.05, 3.63) is 57.2 Å². The Bertz CT molecular complexity index is 1270. The number of halogens is 1. The van der Waals surface area contributed by atoms with E-state index in [2.05, 4.69) is 0 Å². The van der Waals surface area contributed by atoms with Crippen LogP contribution in [0.3, 0.4) is 0 Å². The molecule has 1 fully saturated rings. The van der Waals surface area contributed by atoms with E-state index in [0.717, 1.165) is 5.57 Å². The largest absolute Gasteiger partial charge is 0.503 e. The fourth-order valence-electron chi connectivity index (χ4n) is 6.05. The van der Waals surface area contributed by atoms with Gasteiger partial charge < -0.3 is 9.84 Å². The fourth-order valence-corrected chi connectivity index (χ4v) is 6.27. The molecule has 4 aliphatic rings. The van der Waals surface area contributed by atoms with Gasteiger partial charge in [0.25, 0.3) is 0 Å². The van der Waals surface area contributed by atoms with Crippen molar-refractivity contribution in [2.45, 2.75) is 32.6 Å². The number of amides is 2. The van der Waals surface area contributed by atoms with Gasteiger partial charge in [-0.2, -0.15) is 0 Å². The van der Waals surface area contributed by atoms with E-state index in [4.69, 9.17) is 16.3 Å². The Hall–Kier alpha value is -3.19. The monoisotopic (exact) mass is 481 g/mol. The molecule has 8 heteroatoms. The summed E-state index contributed by atoms with van der Waals surface area (Å²) >= 11 is 6.29. The first-order valence-electron chi connectivity index (χ1n) is 11.3. The number of phenolic OH excluding ortho intramolecular Hbond substituents is 1. The minimum absolute atomic E-state index is 0.0542. The number of hydrogen-bond donors (Lipinski definition) is 1. The van der Waals surface area contributed by atoms with Crippen LogP contribution >= 0.6 is 11.6 Å². The van der Waals surface area contributed by atoms with Crippen LogP contribution < -0.4 is 4.74 Å². The molecule has 1 aromatic carbocycles. The van der Waals surface area contributed by atoms with Crippen LogP contribution in [0, 0.1) is 17.8 Å². The number of Topliss-reactive ketones (excluding diaryl/α,β-unsaturated/α-hetero) is 1. The first-order chi connectivity index (χ1) is 16.2. The molecule has 5 rings (SSSR count). The Labute approximate surface area is 201 Å². The maximum absolute atomic E-state index is 13.3. The van der Waals surface area contributed by atoms with Crippen LogP contribution in [0.25, 0.3) is 0 Å². The number of rotatable bonds is 3. The summed E-state index contributed by atoms with van der Waals surface area (Å²) in [6.07, 6.45) is 3.91. The maximum Gasteiger partial charge on any atom is 0.233 e. The first-order valence-corrected chi connectivity index (χ1v) is 11.7.